The first-order valence-corrected chi connectivity index (χ1v) is 6.35. The van der Waals surface area contributed by atoms with Crippen LogP contribution >= 0.6 is 0 Å². The van der Waals surface area contributed by atoms with Crippen molar-refractivity contribution in [2.24, 2.45) is 5.92 Å². The number of benzene rings is 1. The number of nitrogens with one attached hydrogen (secondary N) is 1. The van der Waals surface area contributed by atoms with Gasteiger partial charge in [0.25, 0.3) is 5.91 Å². The SMILES string of the molecule is CC(C)COCCCNC(=O)c1cc(F)ccc1O. The van der Waals surface area contributed by atoms with E-state index in [1.165, 1.54) is 0 Å². The Morgan fingerprint density at radius 2 is 2.21 bits per heavy atom. The normalized spacial score (nSPS) is 10.7. The molecule has 1 aromatic carbocycles. The second kappa shape index (κ2) is 7.74. The van der Waals surface area contributed by atoms with Crippen LogP contribution in [0.4, 0.5) is 4.39 Å². The molecule has 0 unspecified atom stereocenters. The second-order valence-corrected chi connectivity index (χ2v) is 4.74. The van der Waals surface area contributed by atoms with E-state index in [-0.39, 0.29) is 11.3 Å². The number of phenolic OH excluding ortho intramolecular Hbond substituents is 1. The third-order valence-electron chi connectivity index (χ3n) is 2.41. The molecule has 0 radical (unpaired) electrons. The van der Waals surface area contributed by atoms with E-state index in [4.69, 9.17) is 4.74 Å². The third-order valence-corrected chi connectivity index (χ3v) is 2.41. The number of ether oxygens (including phenoxy) is 1. The molecule has 0 saturated carbocycles. The van der Waals surface area contributed by atoms with Crippen LogP contribution in [0, 0.1) is 11.7 Å². The Balaban J connectivity index is 2.29. The van der Waals surface area contributed by atoms with Crippen LogP contribution in [0.15, 0.2) is 18.2 Å². The summed E-state index contributed by atoms with van der Waals surface area (Å²) >= 11 is 0. The van der Waals surface area contributed by atoms with E-state index in [9.17, 15) is 14.3 Å². The van der Waals surface area contributed by atoms with Crippen molar-refractivity contribution in [2.75, 3.05) is 19.8 Å². The van der Waals surface area contributed by atoms with Crippen molar-refractivity contribution in [3.63, 3.8) is 0 Å². The van der Waals surface area contributed by atoms with Gasteiger partial charge in [0.1, 0.15) is 11.6 Å². The molecule has 0 bridgehead atoms. The van der Waals surface area contributed by atoms with Gasteiger partial charge in [-0.3, -0.25) is 4.79 Å². The Morgan fingerprint density at radius 1 is 1.47 bits per heavy atom. The van der Waals surface area contributed by atoms with Gasteiger partial charge in [-0.15, -0.1) is 0 Å². The average molecular weight is 269 g/mol. The van der Waals surface area contributed by atoms with Gasteiger partial charge in [0.05, 0.1) is 5.56 Å². The van der Waals surface area contributed by atoms with Gasteiger partial charge < -0.3 is 15.2 Å². The molecule has 1 amide bonds. The Bertz CT molecular complexity index is 421. The largest absolute Gasteiger partial charge is 0.507 e. The van der Waals surface area contributed by atoms with Crippen LogP contribution in [0.25, 0.3) is 0 Å². The summed E-state index contributed by atoms with van der Waals surface area (Å²) in [5.74, 6) is -0.780. The fourth-order valence-electron chi connectivity index (χ4n) is 1.48. The summed E-state index contributed by atoms with van der Waals surface area (Å²) in [5.41, 5.74) is -0.0527. The zero-order valence-electron chi connectivity index (χ0n) is 11.3. The van der Waals surface area contributed by atoms with Crippen molar-refractivity contribution in [3.05, 3.63) is 29.6 Å². The predicted octanol–water partition coefficient (Wildman–Crippen LogP) is 2.32. The van der Waals surface area contributed by atoms with Crippen LogP contribution in [-0.2, 0) is 4.74 Å². The van der Waals surface area contributed by atoms with Gasteiger partial charge in [-0.25, -0.2) is 4.39 Å². The minimum atomic E-state index is -0.553. The summed E-state index contributed by atoms with van der Waals surface area (Å²) in [6.45, 7) is 5.81. The first-order chi connectivity index (χ1) is 9.00. The fraction of sp³-hybridized carbons (Fsp3) is 0.500. The van der Waals surface area contributed by atoms with Crippen molar-refractivity contribution in [1.29, 1.82) is 0 Å². The molecule has 5 heteroatoms. The summed E-state index contributed by atoms with van der Waals surface area (Å²) in [6, 6.07) is 3.28. The minimum Gasteiger partial charge on any atom is -0.507 e. The molecule has 4 nitrogen and oxygen atoms in total. The molecule has 2 N–H and O–H groups in total. The molecule has 0 heterocycles. The van der Waals surface area contributed by atoms with Crippen molar-refractivity contribution in [1.82, 2.24) is 5.32 Å². The van der Waals surface area contributed by atoms with Crippen LogP contribution in [0.2, 0.25) is 0 Å². The molecular weight excluding hydrogens is 249 g/mol. The van der Waals surface area contributed by atoms with Crippen LogP contribution < -0.4 is 5.32 Å². The third kappa shape index (κ3) is 5.70. The van der Waals surface area contributed by atoms with Crippen LogP contribution in [-0.4, -0.2) is 30.8 Å². The Kier molecular flexibility index (Phi) is 6.29. The predicted molar refractivity (Wildman–Crippen MR) is 70.7 cm³/mol. The molecule has 0 aliphatic carbocycles. The van der Waals surface area contributed by atoms with E-state index in [1.807, 2.05) is 0 Å². The molecular formula is C14H20FNO3. The monoisotopic (exact) mass is 269 g/mol. The van der Waals surface area contributed by atoms with Gasteiger partial charge in [0.2, 0.25) is 0 Å². The lowest BCUT2D eigenvalue weighted by Gasteiger charge is -2.08. The number of carbonyl (C=O) groups excluding carboxylic acids is 1. The quantitative estimate of drug-likeness (QED) is 0.747. The maximum atomic E-state index is 13.0. The van der Waals surface area contributed by atoms with E-state index in [2.05, 4.69) is 19.2 Å². The van der Waals surface area contributed by atoms with Gasteiger partial charge in [-0.2, -0.15) is 0 Å². The molecule has 1 rings (SSSR count). The topological polar surface area (TPSA) is 58.6 Å². The summed E-state index contributed by atoms with van der Waals surface area (Å²) < 4.78 is 18.3. The highest BCUT2D eigenvalue weighted by Crippen LogP contribution is 2.17. The number of amides is 1. The standard InChI is InChI=1S/C14H20FNO3/c1-10(2)9-19-7-3-6-16-14(18)12-8-11(15)4-5-13(12)17/h4-5,8,10,17H,3,6-7,9H2,1-2H3,(H,16,18). The van der Waals surface area contributed by atoms with Gasteiger partial charge in [-0.05, 0) is 30.5 Å². The number of rotatable bonds is 7. The molecule has 1 aromatic rings. The zero-order chi connectivity index (χ0) is 14.3. The van der Waals surface area contributed by atoms with Crippen LogP contribution in [0.1, 0.15) is 30.6 Å². The molecule has 19 heavy (non-hydrogen) atoms. The van der Waals surface area contributed by atoms with Crippen LogP contribution in [0.5, 0.6) is 5.75 Å². The molecule has 0 saturated heterocycles. The van der Waals surface area contributed by atoms with Crippen molar-refractivity contribution in [2.45, 2.75) is 20.3 Å². The first kappa shape index (κ1) is 15.4. The lowest BCUT2D eigenvalue weighted by Crippen LogP contribution is -2.25. The molecule has 0 atom stereocenters. The molecule has 0 aliphatic heterocycles. The summed E-state index contributed by atoms with van der Waals surface area (Å²) in [6.07, 6.45) is 0.675. The van der Waals surface area contributed by atoms with Crippen molar-refractivity contribution < 1.29 is 19.0 Å². The van der Waals surface area contributed by atoms with E-state index >= 15 is 0 Å². The molecule has 0 aromatic heterocycles. The number of phenols is 1. The number of hydrogen-bond acceptors (Lipinski definition) is 3. The number of hydrogen-bond donors (Lipinski definition) is 2. The molecule has 106 valence electrons. The fourth-order valence-corrected chi connectivity index (χ4v) is 1.48. The number of halogens is 1. The summed E-state index contributed by atoms with van der Waals surface area (Å²) in [7, 11) is 0. The second-order valence-electron chi connectivity index (χ2n) is 4.74. The van der Waals surface area contributed by atoms with Crippen molar-refractivity contribution >= 4 is 5.91 Å². The van der Waals surface area contributed by atoms with E-state index < -0.39 is 11.7 Å². The number of aromatic hydroxyl groups is 1. The van der Waals surface area contributed by atoms with Crippen LogP contribution in [0.3, 0.4) is 0 Å². The maximum absolute atomic E-state index is 13.0. The maximum Gasteiger partial charge on any atom is 0.255 e. The Labute approximate surface area is 112 Å². The number of carbonyl (C=O) groups is 1. The highest BCUT2D eigenvalue weighted by atomic mass is 19.1. The lowest BCUT2D eigenvalue weighted by molar-refractivity contribution is 0.0922. The van der Waals surface area contributed by atoms with E-state index in [0.29, 0.717) is 32.1 Å². The lowest BCUT2D eigenvalue weighted by atomic mass is 10.2. The van der Waals surface area contributed by atoms with E-state index in [0.717, 1.165) is 18.2 Å². The first-order valence-electron chi connectivity index (χ1n) is 6.35. The highest BCUT2D eigenvalue weighted by molar-refractivity contribution is 5.96. The van der Waals surface area contributed by atoms with Gasteiger partial charge in [-0.1, -0.05) is 13.8 Å². The molecule has 0 fully saturated rings. The van der Waals surface area contributed by atoms with E-state index in [1.54, 1.807) is 0 Å². The van der Waals surface area contributed by atoms with Gasteiger partial charge >= 0.3 is 0 Å². The highest BCUT2D eigenvalue weighted by Gasteiger charge is 2.11. The molecule has 0 aliphatic rings. The minimum absolute atomic E-state index is 0.0527. The average Bonchev–Trinajstić information content (AvgIpc) is 2.36. The van der Waals surface area contributed by atoms with Gasteiger partial charge in [0.15, 0.2) is 0 Å². The summed E-state index contributed by atoms with van der Waals surface area (Å²) in [4.78, 5) is 11.7. The smallest absolute Gasteiger partial charge is 0.255 e. The Morgan fingerprint density at radius 3 is 2.89 bits per heavy atom. The molecule has 0 spiro atoms. The van der Waals surface area contributed by atoms with Crippen molar-refractivity contribution in [3.8, 4) is 5.75 Å². The Hall–Kier alpha value is -1.62. The zero-order valence-corrected chi connectivity index (χ0v) is 11.3. The van der Waals surface area contributed by atoms with Gasteiger partial charge in [0, 0.05) is 19.8 Å². The summed E-state index contributed by atoms with van der Waals surface area (Å²) in [5, 5.41) is 12.1.